The van der Waals surface area contributed by atoms with Crippen LogP contribution in [0, 0.1) is 35.5 Å². The molecule has 3 heterocycles. The average Bonchev–Trinajstić information content (AvgIpc) is 3.25. The molecule has 0 amide bonds. The Balaban J connectivity index is 1.35. The van der Waals surface area contributed by atoms with Crippen molar-refractivity contribution in [3.63, 3.8) is 0 Å². The fourth-order valence-electron chi connectivity index (χ4n) is 11.2. The number of Topliss-reactive ketones (excluding diaryl/α,β-unsaturated/α-hetero) is 1. The Kier molecular flexibility index (Phi) is 13.2. The molecule has 2 saturated carbocycles. The van der Waals surface area contributed by atoms with Crippen molar-refractivity contribution in [2.45, 2.75) is 120 Å². The lowest BCUT2D eigenvalue weighted by Crippen LogP contribution is -2.63. The summed E-state index contributed by atoms with van der Waals surface area (Å²) in [6, 6.07) is 16.5. The number of likely N-dealkylation sites (N-methyl/N-ethyl adjacent to an activating group) is 1. The topological polar surface area (TPSA) is 195 Å². The molecule has 2 aliphatic carbocycles. The summed E-state index contributed by atoms with van der Waals surface area (Å²) in [4.78, 5) is 42.1. The highest BCUT2D eigenvalue weighted by Crippen LogP contribution is 2.54. The van der Waals surface area contributed by atoms with Gasteiger partial charge in [-0.3, -0.25) is 9.59 Å². The summed E-state index contributed by atoms with van der Waals surface area (Å²) in [6.45, 7) is 4.15. The number of fused-ring (bicyclic) bond motifs is 7. The lowest BCUT2D eigenvalue weighted by atomic mass is 9.53. The Morgan fingerprint density at radius 3 is 2.44 bits per heavy atom. The van der Waals surface area contributed by atoms with E-state index in [0.29, 0.717) is 53.6 Å². The fraction of sp³-hybridized carbons (Fsp3) is 0.510. The van der Waals surface area contributed by atoms with E-state index in [0.717, 1.165) is 17.5 Å². The summed E-state index contributed by atoms with van der Waals surface area (Å²) >= 11 is 0. The quantitative estimate of drug-likeness (QED) is 0.0877. The van der Waals surface area contributed by atoms with Crippen LogP contribution < -0.4 is 15.4 Å². The molecule has 63 heavy (non-hydrogen) atoms. The van der Waals surface area contributed by atoms with Gasteiger partial charge < -0.3 is 45.6 Å². The van der Waals surface area contributed by atoms with E-state index >= 15 is 4.79 Å². The van der Waals surface area contributed by atoms with E-state index in [-0.39, 0.29) is 85.8 Å². The van der Waals surface area contributed by atoms with Crippen molar-refractivity contribution in [2.75, 3.05) is 25.5 Å². The molecule has 8 rings (SSSR count). The number of hydrogen-bond acceptors (Lipinski definition) is 12. The van der Waals surface area contributed by atoms with Crippen LogP contribution >= 0.6 is 0 Å². The molecule has 0 spiro atoms. The van der Waals surface area contributed by atoms with Gasteiger partial charge in [-0.2, -0.15) is 0 Å². The van der Waals surface area contributed by atoms with Crippen LogP contribution in [0.3, 0.4) is 0 Å². The van der Waals surface area contributed by atoms with Crippen molar-refractivity contribution in [1.82, 2.24) is 5.32 Å². The zero-order valence-corrected chi connectivity index (χ0v) is 36.3. The second-order valence-corrected chi connectivity index (χ2v) is 18.5. The minimum absolute atomic E-state index is 0.0534. The van der Waals surface area contributed by atoms with Gasteiger partial charge in [0.05, 0.1) is 30.7 Å². The Morgan fingerprint density at radius 1 is 0.905 bits per heavy atom. The molecule has 10 bridgehead atoms. The molecule has 5 aliphatic rings. The normalized spacial score (nSPS) is 30.3. The third-order valence-electron chi connectivity index (χ3n) is 14.3. The Morgan fingerprint density at radius 2 is 1.68 bits per heavy atom. The van der Waals surface area contributed by atoms with Crippen molar-refractivity contribution < 1.29 is 49.4 Å². The highest BCUT2D eigenvalue weighted by Gasteiger charge is 2.59. The molecular formula is C51H60N2O10. The molecule has 3 aliphatic heterocycles. The number of ether oxygens (including phenoxy) is 2. The third-order valence-corrected chi connectivity index (χ3v) is 14.3. The number of benzene rings is 3. The van der Waals surface area contributed by atoms with Gasteiger partial charge in [-0.05, 0) is 116 Å². The predicted octanol–water partition coefficient (Wildman–Crippen LogP) is 5.32. The minimum atomic E-state index is -1.61. The molecule has 12 nitrogen and oxygen atoms in total. The standard InChI is InChI=1S/C51H60N2O10/c1-4-37-10-11-40-42-16-30-7-5-6-29(14-30)15-39(55)21-36-17-31(33-18-34(46(58)27-52-3)20-38(19-33)53-26-28(2)54)8-9-32-24-49(59)62-47-25-45(57)35(22-41(32)47)23-48(63-50(36)60)51(37,61)43(40)12-13-44(42)56/h5-7,14,18-22,25,28,31-32,37,39-40,42-43,46,48,52-55,57-58,61H,4,10-13,15-17,23-24,26-27H2,1-3H3. The number of phenols is 1. The second kappa shape index (κ2) is 18.6. The first-order valence-corrected chi connectivity index (χ1v) is 22.6. The number of aliphatic hydroxyl groups excluding tert-OH is 3. The summed E-state index contributed by atoms with van der Waals surface area (Å²) in [7, 11) is 1.74. The molecule has 3 aromatic rings. The Labute approximate surface area is 369 Å². The molecule has 11 unspecified atom stereocenters. The number of phenolic OH excluding ortho intramolecular Hbond substituents is 1. The molecule has 0 aromatic heterocycles. The second-order valence-electron chi connectivity index (χ2n) is 18.5. The van der Waals surface area contributed by atoms with Crippen LogP contribution in [0.4, 0.5) is 5.69 Å². The van der Waals surface area contributed by atoms with Gasteiger partial charge in [0.15, 0.2) is 0 Å². The highest BCUT2D eigenvalue weighted by molar-refractivity contribution is 5.89. The summed E-state index contributed by atoms with van der Waals surface area (Å²) in [5.74, 6) is 2.94. The van der Waals surface area contributed by atoms with Crippen molar-refractivity contribution >= 4 is 23.4 Å². The van der Waals surface area contributed by atoms with Gasteiger partial charge >= 0.3 is 11.9 Å². The number of aromatic hydroxyl groups is 1. The molecule has 12 heteroatoms. The maximum absolute atomic E-state index is 15.2. The summed E-state index contributed by atoms with van der Waals surface area (Å²) in [6.07, 6.45) is 0.674. The number of ketones is 1. The van der Waals surface area contributed by atoms with Crippen LogP contribution in [-0.2, 0) is 38.4 Å². The van der Waals surface area contributed by atoms with E-state index in [2.05, 4.69) is 22.5 Å². The maximum atomic E-state index is 15.2. The van der Waals surface area contributed by atoms with Gasteiger partial charge in [-0.1, -0.05) is 55.5 Å². The maximum Gasteiger partial charge on any atom is 0.334 e. The number of esters is 2. The fourth-order valence-corrected chi connectivity index (χ4v) is 11.2. The number of rotatable bonds is 8. The number of nitrogens with one attached hydrogen (secondary N) is 2. The summed E-state index contributed by atoms with van der Waals surface area (Å²) in [5, 5.41) is 64.7. The zero-order valence-electron chi connectivity index (χ0n) is 36.3. The van der Waals surface area contributed by atoms with Gasteiger partial charge in [0.2, 0.25) is 0 Å². The number of hydrogen-bond donors (Lipinski definition) is 7. The smallest absolute Gasteiger partial charge is 0.334 e. The van der Waals surface area contributed by atoms with Crippen LogP contribution in [0.5, 0.6) is 11.5 Å². The third kappa shape index (κ3) is 9.31. The monoisotopic (exact) mass is 860 g/mol. The van der Waals surface area contributed by atoms with E-state index in [1.807, 2.05) is 43.3 Å². The molecule has 3 aromatic carbocycles. The van der Waals surface area contributed by atoms with Crippen molar-refractivity contribution in [2.24, 2.45) is 23.7 Å². The molecule has 7 N–H and O–H groups in total. The number of carbonyl (C=O) groups excluding carboxylic acids is 3. The first-order valence-electron chi connectivity index (χ1n) is 22.6. The first kappa shape index (κ1) is 44.6. The van der Waals surface area contributed by atoms with Crippen LogP contribution in [-0.4, -0.2) is 87.3 Å². The van der Waals surface area contributed by atoms with E-state index in [4.69, 9.17) is 9.47 Å². The molecular weight excluding hydrogens is 801 g/mol. The number of aliphatic hydroxyl groups is 4. The lowest BCUT2D eigenvalue weighted by Gasteiger charge is -2.56. The van der Waals surface area contributed by atoms with Gasteiger partial charge in [-0.25, -0.2) is 4.79 Å². The molecule has 0 radical (unpaired) electrons. The Bertz CT molecular complexity index is 2330. The Hall–Kier alpha value is -5.03. The van der Waals surface area contributed by atoms with E-state index < -0.39 is 59.7 Å². The van der Waals surface area contributed by atoms with Crippen molar-refractivity contribution in [3.8, 4) is 23.3 Å². The number of carbonyl (C=O) groups is 3. The lowest BCUT2D eigenvalue weighted by molar-refractivity contribution is -0.212. The molecule has 334 valence electrons. The average molecular weight is 861 g/mol. The van der Waals surface area contributed by atoms with E-state index in [9.17, 15) is 35.1 Å². The van der Waals surface area contributed by atoms with E-state index in [1.165, 1.54) is 12.1 Å². The van der Waals surface area contributed by atoms with Gasteiger partial charge in [0.1, 0.15) is 29.0 Å². The van der Waals surface area contributed by atoms with Crippen molar-refractivity contribution in [1.29, 1.82) is 0 Å². The zero-order chi connectivity index (χ0) is 44.6. The molecule has 0 saturated heterocycles. The predicted molar refractivity (Wildman–Crippen MR) is 236 cm³/mol. The first-order chi connectivity index (χ1) is 30.2. The molecule has 11 atom stereocenters. The van der Waals surface area contributed by atoms with Gasteiger partial charge in [0, 0.05) is 67.1 Å². The molecule has 2 fully saturated rings. The van der Waals surface area contributed by atoms with Crippen LogP contribution in [0.25, 0.3) is 0 Å². The van der Waals surface area contributed by atoms with Crippen LogP contribution in [0.1, 0.15) is 110 Å². The van der Waals surface area contributed by atoms with E-state index in [1.54, 1.807) is 26.1 Å². The summed E-state index contributed by atoms with van der Waals surface area (Å²) < 4.78 is 12.3. The highest BCUT2D eigenvalue weighted by atomic mass is 16.6. The van der Waals surface area contributed by atoms with Gasteiger partial charge in [-0.15, -0.1) is 0 Å². The van der Waals surface area contributed by atoms with Gasteiger partial charge in [0.25, 0.3) is 0 Å². The largest absolute Gasteiger partial charge is 0.508 e. The van der Waals surface area contributed by atoms with Crippen LogP contribution in [0.2, 0.25) is 0 Å². The van der Waals surface area contributed by atoms with Crippen LogP contribution in [0.15, 0.2) is 66.2 Å². The SMILES string of the molecule is CCC1CCC2C3Cc4cccc(c4)CC(O)C=C4CC(c5cc(NCC(C)O)cc(C(O)CNC)c5)C#CC5CC(=O)Oc6cc(O)c(cc65)CC(OC4=O)C1(O)C2CCC3=O. The summed E-state index contributed by atoms with van der Waals surface area (Å²) in [5.41, 5.74) is 3.08. The minimum Gasteiger partial charge on any atom is -0.508 e. The van der Waals surface area contributed by atoms with Crippen molar-refractivity contribution in [3.05, 3.63) is 99.6 Å². The number of anilines is 1.